The molecule has 2 aromatic carbocycles. The smallest absolute Gasteiger partial charge is 0.261 e. The van der Waals surface area contributed by atoms with Crippen molar-refractivity contribution in [2.24, 2.45) is 5.92 Å². The van der Waals surface area contributed by atoms with Crippen molar-refractivity contribution < 1.29 is 13.9 Å². The Hall–Kier alpha value is -1.46. The van der Waals surface area contributed by atoms with Crippen molar-refractivity contribution in [3.8, 4) is 0 Å². The maximum absolute atomic E-state index is 6.98. The van der Waals surface area contributed by atoms with Gasteiger partial charge < -0.3 is 13.9 Å². The third-order valence-electron chi connectivity index (χ3n) is 6.05. The first kappa shape index (κ1) is 23.2. The zero-order chi connectivity index (χ0) is 21.5. The fourth-order valence-corrected chi connectivity index (χ4v) is 8.95. The number of ether oxygens (including phenoxy) is 2. The van der Waals surface area contributed by atoms with Gasteiger partial charge in [-0.1, -0.05) is 88.4 Å². The molecule has 1 aliphatic heterocycles. The molecule has 0 bridgehead atoms. The van der Waals surface area contributed by atoms with E-state index in [0.717, 1.165) is 39.1 Å². The minimum Gasteiger partial charge on any atom is -0.407 e. The molecule has 0 aliphatic carbocycles. The molecule has 0 N–H and O–H groups in total. The van der Waals surface area contributed by atoms with Crippen LogP contribution >= 0.6 is 0 Å². The van der Waals surface area contributed by atoms with E-state index in [4.69, 9.17) is 13.9 Å². The Morgan fingerprint density at radius 3 is 2.07 bits per heavy atom. The molecule has 164 valence electrons. The Labute approximate surface area is 183 Å². The lowest BCUT2D eigenvalue weighted by atomic mass is 10.1. The number of rotatable bonds is 9. The van der Waals surface area contributed by atoms with Gasteiger partial charge in [-0.05, 0) is 47.0 Å². The Bertz CT molecular complexity index is 696. The third-order valence-corrected chi connectivity index (χ3v) is 11.1. The lowest BCUT2D eigenvalue weighted by Gasteiger charge is -2.43. The summed E-state index contributed by atoms with van der Waals surface area (Å²) in [5.74, 6) is 0.439. The average Bonchev–Trinajstić information content (AvgIpc) is 2.76. The summed E-state index contributed by atoms with van der Waals surface area (Å²) in [4.78, 5) is 0. The molecule has 0 spiro atoms. The van der Waals surface area contributed by atoms with Crippen LogP contribution in [-0.4, -0.2) is 34.4 Å². The molecular weight excluding hydrogens is 388 g/mol. The van der Waals surface area contributed by atoms with Crippen LogP contribution in [-0.2, 0) is 13.9 Å². The Morgan fingerprint density at radius 1 is 0.967 bits per heavy atom. The number of benzene rings is 2. The quantitative estimate of drug-likeness (QED) is 0.520. The first-order valence-corrected chi connectivity index (χ1v) is 13.3. The highest BCUT2D eigenvalue weighted by Crippen LogP contribution is 2.37. The van der Waals surface area contributed by atoms with E-state index in [1.54, 1.807) is 0 Å². The summed E-state index contributed by atoms with van der Waals surface area (Å²) in [6, 6.07) is 21.7. The van der Waals surface area contributed by atoms with Gasteiger partial charge in [-0.25, -0.2) is 0 Å². The van der Waals surface area contributed by atoms with E-state index in [1.165, 1.54) is 16.8 Å². The van der Waals surface area contributed by atoms with Crippen LogP contribution in [0.5, 0.6) is 0 Å². The van der Waals surface area contributed by atoms with Crippen molar-refractivity contribution in [2.75, 3.05) is 19.8 Å². The maximum Gasteiger partial charge on any atom is 0.261 e. The molecule has 4 heteroatoms. The van der Waals surface area contributed by atoms with E-state index in [0.29, 0.717) is 5.92 Å². The van der Waals surface area contributed by atoms with Crippen LogP contribution in [0.4, 0.5) is 0 Å². The van der Waals surface area contributed by atoms with Gasteiger partial charge in [0.15, 0.2) is 6.29 Å². The van der Waals surface area contributed by atoms with Crippen molar-refractivity contribution in [3.05, 3.63) is 60.7 Å². The predicted octanol–water partition coefficient (Wildman–Crippen LogP) is 5.13. The van der Waals surface area contributed by atoms with Gasteiger partial charge in [0.2, 0.25) is 0 Å². The van der Waals surface area contributed by atoms with Crippen molar-refractivity contribution in [1.29, 1.82) is 0 Å². The molecule has 30 heavy (non-hydrogen) atoms. The van der Waals surface area contributed by atoms with Crippen LogP contribution < -0.4 is 10.4 Å². The molecule has 2 aromatic rings. The van der Waals surface area contributed by atoms with E-state index in [1.807, 2.05) is 0 Å². The summed E-state index contributed by atoms with van der Waals surface area (Å²) < 4.78 is 18.7. The second kappa shape index (κ2) is 10.7. The zero-order valence-electron chi connectivity index (χ0n) is 19.1. The monoisotopic (exact) mass is 426 g/mol. The lowest BCUT2D eigenvalue weighted by Crippen LogP contribution is -2.66. The topological polar surface area (TPSA) is 27.7 Å². The van der Waals surface area contributed by atoms with Gasteiger partial charge in [0, 0.05) is 13.2 Å². The van der Waals surface area contributed by atoms with Crippen molar-refractivity contribution in [1.82, 2.24) is 0 Å². The van der Waals surface area contributed by atoms with E-state index < -0.39 is 8.32 Å². The normalized spacial score (nSPS) is 18.9. The first-order chi connectivity index (χ1) is 14.4. The molecule has 2 atom stereocenters. The molecule has 3 rings (SSSR count). The van der Waals surface area contributed by atoms with Gasteiger partial charge in [0.25, 0.3) is 8.32 Å². The van der Waals surface area contributed by atoms with Crippen LogP contribution in [0.2, 0.25) is 5.04 Å². The molecule has 1 unspecified atom stereocenters. The number of hydrogen-bond acceptors (Lipinski definition) is 3. The highest BCUT2D eigenvalue weighted by atomic mass is 28.4. The van der Waals surface area contributed by atoms with Gasteiger partial charge in [0.05, 0.1) is 6.61 Å². The molecule has 1 saturated heterocycles. The van der Waals surface area contributed by atoms with Crippen LogP contribution in [0, 0.1) is 5.92 Å². The third kappa shape index (κ3) is 5.61. The van der Waals surface area contributed by atoms with Crippen LogP contribution in [0.1, 0.15) is 53.4 Å². The molecule has 3 nitrogen and oxygen atoms in total. The first-order valence-electron chi connectivity index (χ1n) is 11.4. The van der Waals surface area contributed by atoms with E-state index >= 15 is 0 Å². The molecule has 0 aromatic heterocycles. The van der Waals surface area contributed by atoms with Crippen molar-refractivity contribution in [2.45, 2.75) is 64.7 Å². The molecule has 0 radical (unpaired) electrons. The summed E-state index contributed by atoms with van der Waals surface area (Å²) in [5, 5.41) is 2.69. The Morgan fingerprint density at radius 2 is 1.57 bits per heavy atom. The summed E-state index contributed by atoms with van der Waals surface area (Å²) >= 11 is 0. The van der Waals surface area contributed by atoms with E-state index in [2.05, 4.69) is 88.4 Å². The van der Waals surface area contributed by atoms with Crippen LogP contribution in [0.15, 0.2) is 60.7 Å². The summed E-state index contributed by atoms with van der Waals surface area (Å²) in [7, 11) is -2.44. The Balaban J connectivity index is 1.71. The fraction of sp³-hybridized carbons (Fsp3) is 0.538. The van der Waals surface area contributed by atoms with Crippen LogP contribution in [0.3, 0.4) is 0 Å². The molecule has 1 fully saturated rings. The second-order valence-corrected chi connectivity index (χ2v) is 13.8. The van der Waals surface area contributed by atoms with E-state index in [-0.39, 0.29) is 11.3 Å². The van der Waals surface area contributed by atoms with Gasteiger partial charge in [0.1, 0.15) is 0 Å². The van der Waals surface area contributed by atoms with Gasteiger partial charge in [-0.15, -0.1) is 0 Å². The highest BCUT2D eigenvalue weighted by molar-refractivity contribution is 6.99. The van der Waals surface area contributed by atoms with Gasteiger partial charge in [-0.3, -0.25) is 0 Å². The summed E-state index contributed by atoms with van der Waals surface area (Å²) in [6.07, 6.45) is 4.35. The van der Waals surface area contributed by atoms with Gasteiger partial charge in [-0.2, -0.15) is 0 Å². The largest absolute Gasteiger partial charge is 0.407 e. The molecule has 0 saturated carbocycles. The zero-order valence-corrected chi connectivity index (χ0v) is 20.1. The average molecular weight is 427 g/mol. The minimum atomic E-state index is -2.44. The van der Waals surface area contributed by atoms with Crippen LogP contribution in [0.25, 0.3) is 0 Å². The highest BCUT2D eigenvalue weighted by Gasteiger charge is 2.50. The minimum absolute atomic E-state index is 0.0150. The SMILES string of the molecule is C[C@@H](CCO[Si](c1ccccc1)(c1ccccc1)C(C)(C)C)COC1CCCCO1. The Kier molecular flexibility index (Phi) is 8.29. The number of hydrogen-bond donors (Lipinski definition) is 0. The predicted molar refractivity (Wildman–Crippen MR) is 127 cm³/mol. The fourth-order valence-electron chi connectivity index (χ4n) is 4.37. The molecule has 0 amide bonds. The molecule has 1 aliphatic rings. The standard InChI is InChI=1S/C26H38O3Si/c1-22(21-28-25-17-11-12-19-27-25)18-20-29-30(26(2,3)4,23-13-7-5-8-14-23)24-15-9-6-10-16-24/h5-10,13-16,22,25H,11-12,17-21H2,1-4H3/t22-,25?/m0/s1. The maximum atomic E-state index is 6.98. The van der Waals surface area contributed by atoms with Gasteiger partial charge >= 0.3 is 0 Å². The second-order valence-electron chi connectivity index (χ2n) is 9.54. The lowest BCUT2D eigenvalue weighted by molar-refractivity contribution is -0.168. The van der Waals surface area contributed by atoms with Crippen molar-refractivity contribution in [3.63, 3.8) is 0 Å². The molecular formula is C26H38O3Si. The summed E-state index contributed by atoms with van der Waals surface area (Å²) in [5.41, 5.74) is 0. The van der Waals surface area contributed by atoms with Crippen molar-refractivity contribution >= 4 is 18.7 Å². The summed E-state index contributed by atoms with van der Waals surface area (Å²) in [6.45, 7) is 11.5. The molecule has 1 heterocycles. The van der Waals surface area contributed by atoms with E-state index in [9.17, 15) is 0 Å².